The molecule has 0 aliphatic carbocycles. The summed E-state index contributed by atoms with van der Waals surface area (Å²) < 4.78 is 5.27. The molecule has 3 rings (SSSR count). The highest BCUT2D eigenvalue weighted by atomic mass is 35.5. The number of pyridine rings is 1. The Morgan fingerprint density at radius 3 is 2.92 bits per heavy atom. The van der Waals surface area contributed by atoms with Crippen LogP contribution in [0.4, 0.5) is 10.6 Å². The molecule has 0 spiro atoms. The molecule has 1 aliphatic heterocycles. The smallest absolute Gasteiger partial charge is 0.407 e. The quantitative estimate of drug-likeness (QED) is 0.844. The highest BCUT2D eigenvalue weighted by molar-refractivity contribution is 6.30. The standard InChI is InChI=1S/C17H22ClN5O2/c1-17(2,3)25-16(24)21-9-11-4-7-23(10-11)15-14-12(8-13(18)22-15)19-5-6-20-14/h5-6,8,11H,4,7,9-10H2,1-3H3,(H,21,24)/t11-/m0/s1. The maximum atomic E-state index is 11.8. The van der Waals surface area contributed by atoms with Gasteiger partial charge in [0.15, 0.2) is 5.82 Å². The van der Waals surface area contributed by atoms with E-state index < -0.39 is 5.60 Å². The molecule has 134 valence electrons. The first-order valence-electron chi connectivity index (χ1n) is 8.31. The van der Waals surface area contributed by atoms with Crippen molar-refractivity contribution in [3.05, 3.63) is 23.6 Å². The number of amides is 1. The van der Waals surface area contributed by atoms with Gasteiger partial charge in [0.2, 0.25) is 0 Å². The molecule has 0 saturated carbocycles. The van der Waals surface area contributed by atoms with Crippen molar-refractivity contribution < 1.29 is 9.53 Å². The summed E-state index contributed by atoms with van der Waals surface area (Å²) in [4.78, 5) is 27.1. The van der Waals surface area contributed by atoms with Crippen molar-refractivity contribution in [1.29, 1.82) is 0 Å². The molecule has 3 heterocycles. The predicted molar refractivity (Wildman–Crippen MR) is 96.9 cm³/mol. The SMILES string of the molecule is CC(C)(C)OC(=O)NC[C@@H]1CCN(c2nc(Cl)cc3nccnc23)C1. The van der Waals surface area contributed by atoms with E-state index in [-0.39, 0.29) is 6.09 Å². The van der Waals surface area contributed by atoms with Crippen molar-refractivity contribution in [1.82, 2.24) is 20.3 Å². The third-order valence-corrected chi connectivity index (χ3v) is 4.12. The number of alkyl carbamates (subject to hydrolysis) is 1. The number of ether oxygens (including phenoxy) is 1. The lowest BCUT2D eigenvalue weighted by Crippen LogP contribution is -2.36. The molecule has 2 aromatic rings. The molecule has 0 bridgehead atoms. The first-order chi connectivity index (χ1) is 11.8. The lowest BCUT2D eigenvalue weighted by atomic mass is 10.1. The van der Waals surface area contributed by atoms with Gasteiger partial charge in [-0.15, -0.1) is 0 Å². The summed E-state index contributed by atoms with van der Waals surface area (Å²) in [6, 6.07) is 1.71. The Balaban J connectivity index is 1.65. The molecule has 0 unspecified atom stereocenters. The number of aromatic nitrogens is 3. The number of halogens is 1. The van der Waals surface area contributed by atoms with E-state index in [0.29, 0.717) is 17.6 Å². The minimum Gasteiger partial charge on any atom is -0.444 e. The fourth-order valence-corrected chi connectivity index (χ4v) is 3.06. The molecule has 0 aromatic carbocycles. The van der Waals surface area contributed by atoms with Crippen molar-refractivity contribution in [2.75, 3.05) is 24.5 Å². The van der Waals surface area contributed by atoms with Crippen LogP contribution in [0.3, 0.4) is 0 Å². The molecule has 1 atom stereocenters. The largest absolute Gasteiger partial charge is 0.444 e. The van der Waals surface area contributed by atoms with Gasteiger partial charge in [0, 0.05) is 38.1 Å². The average molecular weight is 364 g/mol. The Morgan fingerprint density at radius 1 is 1.40 bits per heavy atom. The van der Waals surface area contributed by atoms with Crippen molar-refractivity contribution in [2.45, 2.75) is 32.8 Å². The second-order valence-corrected chi connectivity index (χ2v) is 7.56. The number of fused-ring (bicyclic) bond motifs is 1. The zero-order chi connectivity index (χ0) is 18.0. The van der Waals surface area contributed by atoms with Crippen LogP contribution in [0.2, 0.25) is 5.15 Å². The lowest BCUT2D eigenvalue weighted by Gasteiger charge is -2.21. The van der Waals surface area contributed by atoms with Crippen LogP contribution in [-0.4, -0.2) is 46.3 Å². The van der Waals surface area contributed by atoms with Crippen molar-refractivity contribution in [3.63, 3.8) is 0 Å². The van der Waals surface area contributed by atoms with Gasteiger partial charge in [0.05, 0.1) is 5.52 Å². The zero-order valence-electron chi connectivity index (χ0n) is 14.6. The lowest BCUT2D eigenvalue weighted by molar-refractivity contribution is 0.0520. The number of carbonyl (C=O) groups excluding carboxylic acids is 1. The molecule has 1 amide bonds. The molecule has 1 fully saturated rings. The van der Waals surface area contributed by atoms with E-state index in [2.05, 4.69) is 25.2 Å². The van der Waals surface area contributed by atoms with E-state index in [0.717, 1.165) is 36.4 Å². The Hall–Kier alpha value is -2.15. The van der Waals surface area contributed by atoms with Gasteiger partial charge < -0.3 is 15.0 Å². The third-order valence-electron chi connectivity index (χ3n) is 3.93. The van der Waals surface area contributed by atoms with Crippen LogP contribution in [0.5, 0.6) is 0 Å². The molecular weight excluding hydrogens is 342 g/mol. The van der Waals surface area contributed by atoms with Crippen LogP contribution in [0.15, 0.2) is 18.5 Å². The molecule has 1 saturated heterocycles. The summed E-state index contributed by atoms with van der Waals surface area (Å²) in [5, 5.41) is 3.24. The maximum absolute atomic E-state index is 11.8. The summed E-state index contributed by atoms with van der Waals surface area (Å²) in [6.45, 7) is 7.71. The Labute approximate surface area is 151 Å². The molecule has 25 heavy (non-hydrogen) atoms. The number of nitrogens with zero attached hydrogens (tertiary/aromatic N) is 4. The summed E-state index contributed by atoms with van der Waals surface area (Å²) in [5.41, 5.74) is 0.981. The second kappa shape index (κ2) is 7.00. The van der Waals surface area contributed by atoms with Gasteiger partial charge in [-0.2, -0.15) is 0 Å². The van der Waals surface area contributed by atoms with Crippen LogP contribution in [0, 0.1) is 5.92 Å². The average Bonchev–Trinajstić information content (AvgIpc) is 2.99. The molecule has 1 aliphatic rings. The van der Waals surface area contributed by atoms with Crippen LogP contribution in [-0.2, 0) is 4.74 Å². The van der Waals surface area contributed by atoms with E-state index in [4.69, 9.17) is 16.3 Å². The van der Waals surface area contributed by atoms with Gasteiger partial charge in [0.1, 0.15) is 16.3 Å². The van der Waals surface area contributed by atoms with Gasteiger partial charge in [-0.25, -0.2) is 14.8 Å². The number of nitrogens with one attached hydrogen (secondary N) is 1. The fraction of sp³-hybridized carbons (Fsp3) is 0.529. The molecular formula is C17H22ClN5O2. The van der Waals surface area contributed by atoms with E-state index in [1.165, 1.54) is 0 Å². The van der Waals surface area contributed by atoms with Crippen molar-refractivity contribution in [3.8, 4) is 0 Å². The highest BCUT2D eigenvalue weighted by Gasteiger charge is 2.26. The van der Waals surface area contributed by atoms with Gasteiger partial charge in [-0.3, -0.25) is 4.98 Å². The Bertz CT molecular complexity index is 777. The summed E-state index contributed by atoms with van der Waals surface area (Å²) in [6.07, 6.45) is 3.85. The summed E-state index contributed by atoms with van der Waals surface area (Å²) in [7, 11) is 0. The first-order valence-corrected chi connectivity index (χ1v) is 8.69. The van der Waals surface area contributed by atoms with Gasteiger partial charge >= 0.3 is 6.09 Å². The van der Waals surface area contributed by atoms with Gasteiger partial charge in [0.25, 0.3) is 0 Å². The zero-order valence-corrected chi connectivity index (χ0v) is 15.4. The monoisotopic (exact) mass is 363 g/mol. The molecule has 2 aromatic heterocycles. The number of rotatable bonds is 3. The molecule has 1 N–H and O–H groups in total. The summed E-state index contributed by atoms with van der Waals surface area (Å²) >= 11 is 6.12. The topological polar surface area (TPSA) is 80.2 Å². The number of anilines is 1. The second-order valence-electron chi connectivity index (χ2n) is 7.18. The maximum Gasteiger partial charge on any atom is 0.407 e. The van der Waals surface area contributed by atoms with Crippen molar-refractivity contribution >= 4 is 34.5 Å². The number of hydrogen-bond donors (Lipinski definition) is 1. The van der Waals surface area contributed by atoms with Crippen LogP contribution in [0.1, 0.15) is 27.2 Å². The van der Waals surface area contributed by atoms with E-state index in [1.807, 2.05) is 20.8 Å². The van der Waals surface area contributed by atoms with Gasteiger partial charge in [-0.1, -0.05) is 11.6 Å². The Kier molecular flexibility index (Phi) is 4.94. The summed E-state index contributed by atoms with van der Waals surface area (Å²) in [5.74, 6) is 1.07. The van der Waals surface area contributed by atoms with Crippen LogP contribution >= 0.6 is 11.6 Å². The Morgan fingerprint density at radius 2 is 2.16 bits per heavy atom. The van der Waals surface area contributed by atoms with Crippen LogP contribution in [0.25, 0.3) is 11.0 Å². The highest BCUT2D eigenvalue weighted by Crippen LogP contribution is 2.28. The minimum atomic E-state index is -0.492. The number of hydrogen-bond acceptors (Lipinski definition) is 6. The first kappa shape index (κ1) is 17.7. The minimum absolute atomic E-state index is 0.319. The third kappa shape index (κ3) is 4.48. The predicted octanol–water partition coefficient (Wildman–Crippen LogP) is 3.03. The molecule has 8 heteroatoms. The number of carbonyl (C=O) groups is 1. The van der Waals surface area contributed by atoms with E-state index in [9.17, 15) is 4.79 Å². The van der Waals surface area contributed by atoms with E-state index in [1.54, 1.807) is 18.5 Å². The molecule has 0 radical (unpaired) electrons. The van der Waals surface area contributed by atoms with Crippen molar-refractivity contribution in [2.24, 2.45) is 5.92 Å². The fourth-order valence-electron chi connectivity index (χ4n) is 2.88. The normalized spacial score (nSPS) is 17.8. The molecule has 7 nitrogen and oxygen atoms in total. The van der Waals surface area contributed by atoms with E-state index >= 15 is 0 Å². The van der Waals surface area contributed by atoms with Crippen LogP contribution < -0.4 is 10.2 Å². The van der Waals surface area contributed by atoms with Gasteiger partial charge in [-0.05, 0) is 33.1 Å².